The highest BCUT2D eigenvalue weighted by Gasteiger charge is 2.27. The van der Waals surface area contributed by atoms with Gasteiger partial charge in [0.2, 0.25) is 0 Å². The molecule has 3 heterocycles. The molecule has 196 valence electrons. The molecule has 2 aromatic heterocycles. The number of amides is 1. The second kappa shape index (κ2) is 11.3. The van der Waals surface area contributed by atoms with Crippen molar-refractivity contribution >= 4 is 54.8 Å². The van der Waals surface area contributed by atoms with Gasteiger partial charge in [0.1, 0.15) is 5.52 Å². The number of benzene rings is 2. The minimum Gasteiger partial charge on any atom is -0.379 e. The normalized spacial score (nSPS) is 14.4. The van der Waals surface area contributed by atoms with Crippen LogP contribution in [0.25, 0.3) is 15.9 Å². The number of morpholine rings is 1. The highest BCUT2D eigenvalue weighted by Crippen LogP contribution is 2.33. The molecule has 0 spiro atoms. The van der Waals surface area contributed by atoms with E-state index >= 15 is 0 Å². The first-order chi connectivity index (χ1) is 17.3. The van der Waals surface area contributed by atoms with E-state index in [2.05, 4.69) is 15.0 Å². The fraction of sp³-hybridized carbons (Fsp3) is 0.320. The van der Waals surface area contributed by atoms with E-state index in [9.17, 15) is 13.2 Å². The zero-order valence-electron chi connectivity index (χ0n) is 20.5. The number of carbonyl (C=O) groups excluding carboxylic acids is 1. The van der Waals surface area contributed by atoms with Gasteiger partial charge in [0.05, 0.1) is 46.0 Å². The highest BCUT2D eigenvalue weighted by atomic mass is 35.5. The summed E-state index contributed by atoms with van der Waals surface area (Å²) in [5.41, 5.74) is 2.46. The van der Waals surface area contributed by atoms with Crippen molar-refractivity contribution in [2.75, 3.05) is 50.5 Å². The van der Waals surface area contributed by atoms with E-state index in [0.29, 0.717) is 47.2 Å². The fourth-order valence-electron chi connectivity index (χ4n) is 4.27. The third-order valence-corrected chi connectivity index (χ3v) is 8.40. The number of rotatable bonds is 7. The number of thiazole rings is 1. The molecular weight excluding hydrogens is 534 g/mol. The number of aromatic nitrogens is 3. The molecular formula is C25H28ClN5O4S2. The van der Waals surface area contributed by atoms with Crippen LogP contribution in [0.2, 0.25) is 0 Å². The average molecular weight is 562 g/mol. The molecule has 0 atom stereocenters. The molecule has 5 rings (SSSR count). The molecule has 0 aliphatic carbocycles. The van der Waals surface area contributed by atoms with Crippen molar-refractivity contribution in [2.45, 2.75) is 11.8 Å². The Kier molecular flexibility index (Phi) is 8.29. The molecule has 9 nitrogen and oxygen atoms in total. The Morgan fingerprint density at radius 3 is 2.54 bits per heavy atom. The zero-order chi connectivity index (χ0) is 25.3. The van der Waals surface area contributed by atoms with Crippen molar-refractivity contribution in [2.24, 2.45) is 0 Å². The molecule has 1 amide bonds. The van der Waals surface area contributed by atoms with Gasteiger partial charge in [-0.25, -0.2) is 18.1 Å². The zero-order valence-corrected chi connectivity index (χ0v) is 23.0. The van der Waals surface area contributed by atoms with Crippen molar-refractivity contribution in [3.05, 3.63) is 66.0 Å². The summed E-state index contributed by atoms with van der Waals surface area (Å²) in [6.45, 7) is 5.84. The predicted molar refractivity (Wildman–Crippen MR) is 147 cm³/mol. The maximum absolute atomic E-state index is 13.9. The minimum atomic E-state index is -3.47. The number of halogens is 1. The SMILES string of the molecule is Cc1c(C(=O)N(CCN2CCOCC2)c2nc3c(S(C)(=O)=O)cccc3s2)cnn1-c1ccccc1.Cl. The Hall–Kier alpha value is -2.83. The van der Waals surface area contributed by atoms with Crippen LogP contribution in [0.1, 0.15) is 16.1 Å². The molecule has 1 fully saturated rings. The Morgan fingerprint density at radius 1 is 1.11 bits per heavy atom. The molecule has 0 bridgehead atoms. The van der Waals surface area contributed by atoms with Gasteiger partial charge >= 0.3 is 0 Å². The fourth-order valence-corrected chi connectivity index (χ4v) is 6.19. The topological polar surface area (TPSA) is 97.6 Å². The third kappa shape index (κ3) is 5.70. The maximum atomic E-state index is 13.9. The van der Waals surface area contributed by atoms with Crippen LogP contribution in [-0.2, 0) is 14.6 Å². The molecule has 0 saturated carbocycles. The lowest BCUT2D eigenvalue weighted by Gasteiger charge is -2.29. The predicted octanol–water partition coefficient (Wildman–Crippen LogP) is 3.59. The van der Waals surface area contributed by atoms with Crippen molar-refractivity contribution in [1.82, 2.24) is 19.7 Å². The van der Waals surface area contributed by atoms with Crippen LogP contribution in [0.3, 0.4) is 0 Å². The second-order valence-corrected chi connectivity index (χ2v) is 11.7. The van der Waals surface area contributed by atoms with Crippen molar-refractivity contribution in [3.8, 4) is 5.69 Å². The van der Waals surface area contributed by atoms with E-state index in [1.54, 1.807) is 27.9 Å². The van der Waals surface area contributed by atoms with Gasteiger partial charge in [0.25, 0.3) is 5.91 Å². The number of hydrogen-bond acceptors (Lipinski definition) is 8. The van der Waals surface area contributed by atoms with Gasteiger partial charge in [-0.2, -0.15) is 5.10 Å². The number of fused-ring (bicyclic) bond motifs is 1. The minimum absolute atomic E-state index is 0. The summed E-state index contributed by atoms with van der Waals surface area (Å²) in [4.78, 5) is 22.6. The first-order valence-corrected chi connectivity index (χ1v) is 14.4. The van der Waals surface area contributed by atoms with Crippen LogP contribution in [0.4, 0.5) is 5.13 Å². The Labute approximate surface area is 226 Å². The molecule has 1 aliphatic rings. The summed E-state index contributed by atoms with van der Waals surface area (Å²) < 4.78 is 32.6. The van der Waals surface area contributed by atoms with E-state index in [-0.39, 0.29) is 23.2 Å². The molecule has 2 aromatic carbocycles. The summed E-state index contributed by atoms with van der Waals surface area (Å²) in [6, 6.07) is 14.7. The molecule has 0 radical (unpaired) electrons. The van der Waals surface area contributed by atoms with Crippen molar-refractivity contribution in [1.29, 1.82) is 0 Å². The number of ether oxygens (including phenoxy) is 1. The van der Waals surface area contributed by atoms with Crippen LogP contribution in [0, 0.1) is 6.92 Å². The maximum Gasteiger partial charge on any atom is 0.263 e. The smallest absolute Gasteiger partial charge is 0.263 e. The molecule has 1 aliphatic heterocycles. The number of para-hydroxylation sites is 2. The van der Waals surface area contributed by atoms with Crippen LogP contribution >= 0.6 is 23.7 Å². The Morgan fingerprint density at radius 2 is 1.84 bits per heavy atom. The van der Waals surface area contributed by atoms with Crippen LogP contribution in [-0.4, -0.2) is 79.6 Å². The number of anilines is 1. The lowest BCUT2D eigenvalue weighted by molar-refractivity contribution is 0.0391. The van der Waals surface area contributed by atoms with E-state index in [1.807, 2.05) is 43.3 Å². The van der Waals surface area contributed by atoms with E-state index < -0.39 is 9.84 Å². The quantitative estimate of drug-likeness (QED) is 0.340. The van der Waals surface area contributed by atoms with Gasteiger partial charge in [-0.05, 0) is 31.2 Å². The van der Waals surface area contributed by atoms with E-state index in [1.165, 1.54) is 17.6 Å². The summed E-state index contributed by atoms with van der Waals surface area (Å²) in [7, 11) is -3.47. The largest absolute Gasteiger partial charge is 0.379 e. The van der Waals surface area contributed by atoms with Gasteiger partial charge in [0, 0.05) is 32.4 Å². The third-order valence-electron chi connectivity index (χ3n) is 6.23. The van der Waals surface area contributed by atoms with Gasteiger partial charge in [-0.3, -0.25) is 14.6 Å². The van der Waals surface area contributed by atoms with E-state index in [4.69, 9.17) is 4.74 Å². The molecule has 0 unspecified atom stereocenters. The molecule has 1 saturated heterocycles. The summed E-state index contributed by atoms with van der Waals surface area (Å²) in [5, 5.41) is 4.93. The molecule has 37 heavy (non-hydrogen) atoms. The van der Waals surface area contributed by atoms with Crippen LogP contribution in [0.15, 0.2) is 59.6 Å². The van der Waals surface area contributed by atoms with Crippen molar-refractivity contribution in [3.63, 3.8) is 0 Å². The molecule has 4 aromatic rings. The number of nitrogens with zero attached hydrogens (tertiary/aromatic N) is 5. The molecule has 12 heteroatoms. The summed E-state index contributed by atoms with van der Waals surface area (Å²) >= 11 is 1.31. The van der Waals surface area contributed by atoms with E-state index in [0.717, 1.165) is 24.5 Å². The van der Waals surface area contributed by atoms with Crippen molar-refractivity contribution < 1.29 is 17.9 Å². The number of sulfone groups is 1. The number of hydrogen-bond donors (Lipinski definition) is 0. The lowest BCUT2D eigenvalue weighted by atomic mass is 10.2. The van der Waals surface area contributed by atoms with Gasteiger partial charge in [-0.1, -0.05) is 35.6 Å². The lowest BCUT2D eigenvalue weighted by Crippen LogP contribution is -2.43. The first-order valence-electron chi connectivity index (χ1n) is 11.6. The number of carbonyl (C=O) groups is 1. The Bertz CT molecular complexity index is 1500. The molecule has 0 N–H and O–H groups in total. The summed E-state index contributed by atoms with van der Waals surface area (Å²) in [6.07, 6.45) is 2.76. The highest BCUT2D eigenvalue weighted by molar-refractivity contribution is 7.91. The van der Waals surface area contributed by atoms with Gasteiger partial charge < -0.3 is 4.74 Å². The monoisotopic (exact) mass is 561 g/mol. The Balaban J connectivity index is 0.00000320. The average Bonchev–Trinajstić information content (AvgIpc) is 3.48. The standard InChI is InChI=1S/C25H27N5O4S2.ClH/c1-18-20(17-26-30(18)19-7-4-3-5-8-19)24(31)29(12-11-28-13-15-34-16-14-28)25-27-23-21(35-25)9-6-10-22(23)36(2,32)33;/h3-10,17H,11-16H2,1-2H3;1H. The first kappa shape index (κ1) is 27.2. The summed E-state index contributed by atoms with van der Waals surface area (Å²) in [5.74, 6) is -0.220. The van der Waals surface area contributed by atoms with Crippen LogP contribution in [0.5, 0.6) is 0 Å². The van der Waals surface area contributed by atoms with Crippen LogP contribution < -0.4 is 4.90 Å². The van der Waals surface area contributed by atoms with Gasteiger partial charge in [0.15, 0.2) is 15.0 Å². The van der Waals surface area contributed by atoms with Gasteiger partial charge in [-0.15, -0.1) is 12.4 Å². The second-order valence-electron chi connectivity index (χ2n) is 8.67.